The normalized spacial score (nSPS) is 13.4. The van der Waals surface area contributed by atoms with Crippen LogP contribution in [0.1, 0.15) is 18.8 Å². The molecule has 13 heavy (non-hydrogen) atoms. The lowest BCUT2D eigenvalue weighted by molar-refractivity contribution is 0.440. The second kappa shape index (κ2) is 2.74. The monoisotopic (exact) mass is 177 g/mol. The van der Waals surface area contributed by atoms with E-state index < -0.39 is 0 Å². The van der Waals surface area contributed by atoms with Gasteiger partial charge < -0.3 is 10.8 Å². The number of nitrogens with two attached hydrogens (primary N) is 1. The molecule has 0 aromatic carbocycles. The molecule has 3 N–H and O–H groups in total. The summed E-state index contributed by atoms with van der Waals surface area (Å²) in [6.07, 6.45) is 1.69. The third-order valence-corrected chi connectivity index (χ3v) is 1.97. The molecule has 0 amide bonds. The van der Waals surface area contributed by atoms with Gasteiger partial charge in [0.2, 0.25) is 0 Å². The molecule has 0 spiro atoms. The zero-order valence-electron chi connectivity index (χ0n) is 7.31. The van der Waals surface area contributed by atoms with Gasteiger partial charge in [-0.15, -0.1) is 0 Å². The summed E-state index contributed by atoms with van der Waals surface area (Å²) in [5, 5.41) is 9.56. The standard InChI is InChI=1S/C9H11N3O/c1-6(10)9-11-5-7-3-2-4-8(13)12(7)9/h2-6,13H,10H2,1H3. The Morgan fingerprint density at radius 3 is 3.00 bits per heavy atom. The van der Waals surface area contributed by atoms with Crippen LogP contribution in [-0.2, 0) is 0 Å². The predicted octanol–water partition coefficient (Wildman–Crippen LogP) is 1.06. The van der Waals surface area contributed by atoms with E-state index in [2.05, 4.69) is 4.98 Å². The van der Waals surface area contributed by atoms with Crippen LogP contribution in [0, 0.1) is 0 Å². The summed E-state index contributed by atoms with van der Waals surface area (Å²) in [7, 11) is 0. The molecule has 0 aliphatic heterocycles. The largest absolute Gasteiger partial charge is 0.494 e. The molecular weight excluding hydrogens is 166 g/mol. The number of aromatic nitrogens is 2. The molecule has 68 valence electrons. The fourth-order valence-corrected chi connectivity index (χ4v) is 1.38. The minimum Gasteiger partial charge on any atom is -0.494 e. The van der Waals surface area contributed by atoms with E-state index in [-0.39, 0.29) is 11.9 Å². The minimum absolute atomic E-state index is 0.169. The number of fused-ring (bicyclic) bond motifs is 1. The van der Waals surface area contributed by atoms with Crippen LogP contribution in [0.2, 0.25) is 0 Å². The highest BCUT2D eigenvalue weighted by Gasteiger charge is 2.09. The molecule has 1 unspecified atom stereocenters. The Balaban J connectivity index is 2.79. The Kier molecular flexibility index (Phi) is 1.70. The summed E-state index contributed by atoms with van der Waals surface area (Å²) < 4.78 is 1.64. The highest BCUT2D eigenvalue weighted by atomic mass is 16.3. The first kappa shape index (κ1) is 8.07. The molecule has 0 aliphatic rings. The third-order valence-electron chi connectivity index (χ3n) is 1.97. The van der Waals surface area contributed by atoms with Crippen molar-refractivity contribution in [3.8, 4) is 5.88 Å². The van der Waals surface area contributed by atoms with Gasteiger partial charge in [-0.25, -0.2) is 4.98 Å². The summed E-state index contributed by atoms with van der Waals surface area (Å²) in [4.78, 5) is 4.13. The SMILES string of the molecule is CC(N)c1ncc2cccc(O)n12. The van der Waals surface area contributed by atoms with Gasteiger partial charge in [0, 0.05) is 0 Å². The van der Waals surface area contributed by atoms with Crippen molar-refractivity contribution in [3.63, 3.8) is 0 Å². The number of nitrogens with zero attached hydrogens (tertiary/aromatic N) is 2. The van der Waals surface area contributed by atoms with Crippen molar-refractivity contribution in [1.82, 2.24) is 9.38 Å². The summed E-state index contributed by atoms with van der Waals surface area (Å²) in [6.45, 7) is 1.83. The zero-order valence-corrected chi connectivity index (χ0v) is 7.31. The van der Waals surface area contributed by atoms with Crippen molar-refractivity contribution in [2.45, 2.75) is 13.0 Å². The summed E-state index contributed by atoms with van der Waals surface area (Å²) in [5.41, 5.74) is 6.55. The lowest BCUT2D eigenvalue weighted by Gasteiger charge is -2.05. The van der Waals surface area contributed by atoms with Crippen molar-refractivity contribution >= 4 is 5.52 Å². The molecule has 0 fully saturated rings. The first-order chi connectivity index (χ1) is 6.20. The Bertz CT molecular complexity index is 433. The zero-order chi connectivity index (χ0) is 9.42. The fraction of sp³-hybridized carbons (Fsp3) is 0.222. The summed E-state index contributed by atoms with van der Waals surface area (Å²) >= 11 is 0. The van der Waals surface area contributed by atoms with Crippen molar-refractivity contribution < 1.29 is 5.11 Å². The first-order valence-electron chi connectivity index (χ1n) is 4.11. The van der Waals surface area contributed by atoms with Gasteiger partial charge >= 0.3 is 0 Å². The Morgan fingerprint density at radius 2 is 2.31 bits per heavy atom. The fourth-order valence-electron chi connectivity index (χ4n) is 1.38. The van der Waals surface area contributed by atoms with Crippen LogP contribution >= 0.6 is 0 Å². The summed E-state index contributed by atoms with van der Waals surface area (Å²) in [6, 6.07) is 5.08. The van der Waals surface area contributed by atoms with Gasteiger partial charge in [-0.3, -0.25) is 4.40 Å². The third kappa shape index (κ3) is 1.15. The van der Waals surface area contributed by atoms with Crippen LogP contribution in [0.3, 0.4) is 0 Å². The van der Waals surface area contributed by atoms with Gasteiger partial charge in [0.25, 0.3) is 0 Å². The molecule has 4 nitrogen and oxygen atoms in total. The second-order valence-corrected chi connectivity index (χ2v) is 3.05. The van der Waals surface area contributed by atoms with Gasteiger partial charge in [-0.05, 0) is 19.1 Å². The van der Waals surface area contributed by atoms with E-state index in [4.69, 9.17) is 5.73 Å². The van der Waals surface area contributed by atoms with Crippen LogP contribution in [0.15, 0.2) is 24.4 Å². The van der Waals surface area contributed by atoms with E-state index in [0.29, 0.717) is 5.82 Å². The molecule has 1 atom stereocenters. The molecule has 0 saturated carbocycles. The minimum atomic E-state index is -0.184. The maximum absolute atomic E-state index is 9.56. The number of pyridine rings is 1. The maximum atomic E-state index is 9.56. The Morgan fingerprint density at radius 1 is 1.54 bits per heavy atom. The van der Waals surface area contributed by atoms with Gasteiger partial charge in [0.15, 0.2) is 5.88 Å². The second-order valence-electron chi connectivity index (χ2n) is 3.05. The smallest absolute Gasteiger partial charge is 0.197 e. The Labute approximate surface area is 75.6 Å². The topological polar surface area (TPSA) is 63.5 Å². The van der Waals surface area contributed by atoms with Crippen molar-refractivity contribution in [2.24, 2.45) is 5.73 Å². The van der Waals surface area contributed by atoms with E-state index >= 15 is 0 Å². The quantitative estimate of drug-likeness (QED) is 0.684. The molecule has 0 bridgehead atoms. The van der Waals surface area contributed by atoms with Crippen LogP contribution in [0.5, 0.6) is 5.88 Å². The van der Waals surface area contributed by atoms with E-state index in [1.807, 2.05) is 13.0 Å². The maximum Gasteiger partial charge on any atom is 0.197 e. The molecule has 0 radical (unpaired) electrons. The van der Waals surface area contributed by atoms with Crippen molar-refractivity contribution in [3.05, 3.63) is 30.2 Å². The van der Waals surface area contributed by atoms with Gasteiger partial charge in [-0.1, -0.05) is 6.07 Å². The van der Waals surface area contributed by atoms with E-state index in [1.54, 1.807) is 22.7 Å². The molecule has 4 heteroatoms. The summed E-state index contributed by atoms with van der Waals surface area (Å²) in [5.74, 6) is 0.843. The highest BCUT2D eigenvalue weighted by Crippen LogP contribution is 2.18. The molecule has 2 heterocycles. The van der Waals surface area contributed by atoms with Gasteiger partial charge in [0.05, 0.1) is 17.8 Å². The predicted molar refractivity (Wildman–Crippen MR) is 49.5 cm³/mol. The molecule has 2 aromatic rings. The number of imidazole rings is 1. The average molecular weight is 177 g/mol. The molecular formula is C9H11N3O. The van der Waals surface area contributed by atoms with E-state index in [9.17, 15) is 5.11 Å². The number of aromatic hydroxyl groups is 1. The first-order valence-corrected chi connectivity index (χ1v) is 4.11. The number of hydrogen-bond donors (Lipinski definition) is 2. The van der Waals surface area contributed by atoms with Gasteiger partial charge in [-0.2, -0.15) is 0 Å². The van der Waals surface area contributed by atoms with Crippen LogP contribution < -0.4 is 5.73 Å². The Hall–Kier alpha value is -1.55. The van der Waals surface area contributed by atoms with E-state index in [1.165, 1.54) is 0 Å². The van der Waals surface area contributed by atoms with Gasteiger partial charge in [0.1, 0.15) is 5.82 Å². The van der Waals surface area contributed by atoms with Crippen molar-refractivity contribution in [2.75, 3.05) is 0 Å². The highest BCUT2D eigenvalue weighted by molar-refractivity contribution is 5.49. The lowest BCUT2D eigenvalue weighted by atomic mass is 10.3. The number of hydrogen-bond acceptors (Lipinski definition) is 3. The van der Waals surface area contributed by atoms with Crippen LogP contribution in [0.25, 0.3) is 5.52 Å². The molecule has 0 saturated heterocycles. The van der Waals surface area contributed by atoms with E-state index in [0.717, 1.165) is 5.52 Å². The number of rotatable bonds is 1. The average Bonchev–Trinajstić information content (AvgIpc) is 2.49. The molecule has 2 aromatic heterocycles. The lowest BCUT2D eigenvalue weighted by Crippen LogP contribution is -2.09. The van der Waals surface area contributed by atoms with Crippen LogP contribution in [-0.4, -0.2) is 14.5 Å². The molecule has 0 aliphatic carbocycles. The molecule has 2 rings (SSSR count). The van der Waals surface area contributed by atoms with Crippen LogP contribution in [0.4, 0.5) is 0 Å². The van der Waals surface area contributed by atoms with Crippen molar-refractivity contribution in [1.29, 1.82) is 0 Å².